The van der Waals surface area contributed by atoms with E-state index in [4.69, 9.17) is 15.5 Å². The molecule has 33 heavy (non-hydrogen) atoms. The van der Waals surface area contributed by atoms with E-state index in [-0.39, 0.29) is 23.8 Å². The van der Waals surface area contributed by atoms with E-state index in [1.807, 2.05) is 37.2 Å². The van der Waals surface area contributed by atoms with Crippen molar-refractivity contribution in [2.45, 2.75) is 25.8 Å². The average molecular weight is 513 g/mol. The van der Waals surface area contributed by atoms with Crippen molar-refractivity contribution in [2.24, 2.45) is 17.6 Å². The summed E-state index contributed by atoms with van der Waals surface area (Å²) in [6.07, 6.45) is 7.46. The lowest BCUT2D eigenvalue weighted by molar-refractivity contribution is -0.122. The Balaban J connectivity index is 1.78. The molecule has 3 atom stereocenters. The van der Waals surface area contributed by atoms with E-state index in [0.29, 0.717) is 23.6 Å². The van der Waals surface area contributed by atoms with Crippen LogP contribution in [-0.4, -0.2) is 48.1 Å². The van der Waals surface area contributed by atoms with Crippen molar-refractivity contribution in [3.8, 4) is 17.1 Å². The second kappa shape index (κ2) is 9.43. The van der Waals surface area contributed by atoms with Gasteiger partial charge < -0.3 is 25.7 Å². The molecule has 0 saturated heterocycles. The van der Waals surface area contributed by atoms with E-state index in [9.17, 15) is 4.79 Å². The highest BCUT2D eigenvalue weighted by Gasteiger charge is 2.34. The molecule has 0 spiro atoms. The number of nitrogens with two attached hydrogens (primary N) is 1. The maximum Gasteiger partial charge on any atom is 0.222 e. The van der Waals surface area contributed by atoms with Crippen molar-refractivity contribution in [2.75, 3.05) is 31.4 Å². The van der Waals surface area contributed by atoms with Crippen molar-refractivity contribution in [3.05, 3.63) is 41.0 Å². The van der Waals surface area contributed by atoms with E-state index in [0.717, 1.165) is 33.3 Å². The number of primary amides is 1. The lowest BCUT2D eigenvalue weighted by Gasteiger charge is -2.34. The molecular weight excluding hydrogens is 484 g/mol. The minimum Gasteiger partial charge on any atom is -0.496 e. The third kappa shape index (κ3) is 4.42. The molecule has 0 saturated carbocycles. The Morgan fingerprint density at radius 2 is 2.18 bits per heavy atom. The first-order chi connectivity index (χ1) is 15.8. The first-order valence-electron chi connectivity index (χ1n) is 11.0. The fourth-order valence-electron chi connectivity index (χ4n) is 4.38. The van der Waals surface area contributed by atoms with Crippen molar-refractivity contribution in [1.29, 1.82) is 0 Å². The molecule has 1 amide bonds. The van der Waals surface area contributed by atoms with Gasteiger partial charge in [-0.2, -0.15) is 0 Å². The summed E-state index contributed by atoms with van der Waals surface area (Å²) >= 11 is 3.62. The average Bonchev–Trinajstić information content (AvgIpc) is 3.24. The highest BCUT2D eigenvalue weighted by molar-refractivity contribution is 9.10. The van der Waals surface area contributed by atoms with E-state index < -0.39 is 0 Å². The topological polar surface area (TPSA) is 109 Å². The summed E-state index contributed by atoms with van der Waals surface area (Å²) in [5, 5.41) is 3.59. The zero-order valence-electron chi connectivity index (χ0n) is 19.2. The Morgan fingerprint density at radius 3 is 2.85 bits per heavy atom. The van der Waals surface area contributed by atoms with Gasteiger partial charge in [-0.15, -0.1) is 0 Å². The lowest BCUT2D eigenvalue weighted by atomic mass is 9.79. The number of ether oxygens (including phenoxy) is 1. The third-order valence-corrected chi connectivity index (χ3v) is 6.85. The number of fused-ring (bicyclic) bond motifs is 1. The number of nitrogens with one attached hydrogen (secondary N) is 2. The van der Waals surface area contributed by atoms with Gasteiger partial charge in [-0.25, -0.2) is 9.97 Å². The molecule has 1 aromatic carbocycles. The predicted octanol–water partition coefficient (Wildman–Crippen LogP) is 4.33. The highest BCUT2D eigenvalue weighted by Crippen LogP contribution is 2.37. The molecule has 0 aliphatic heterocycles. The van der Waals surface area contributed by atoms with E-state index in [1.54, 1.807) is 13.3 Å². The van der Waals surface area contributed by atoms with Crippen molar-refractivity contribution in [1.82, 2.24) is 15.0 Å². The van der Waals surface area contributed by atoms with E-state index in [1.165, 1.54) is 0 Å². The molecule has 4 rings (SSSR count). The quantitative estimate of drug-likeness (QED) is 0.406. The molecule has 8 nitrogen and oxygen atoms in total. The van der Waals surface area contributed by atoms with Gasteiger partial charge in [0.05, 0.1) is 28.8 Å². The molecule has 1 aliphatic rings. The van der Waals surface area contributed by atoms with Crippen LogP contribution in [-0.2, 0) is 4.79 Å². The summed E-state index contributed by atoms with van der Waals surface area (Å²) < 4.78 is 6.43. The number of imidazole rings is 1. The smallest absolute Gasteiger partial charge is 0.222 e. The van der Waals surface area contributed by atoms with Gasteiger partial charge in [0.25, 0.3) is 0 Å². The van der Waals surface area contributed by atoms with Crippen LogP contribution >= 0.6 is 15.9 Å². The summed E-state index contributed by atoms with van der Waals surface area (Å²) in [6, 6.07) is 5.85. The van der Waals surface area contributed by atoms with Crippen molar-refractivity contribution >= 4 is 44.4 Å². The summed E-state index contributed by atoms with van der Waals surface area (Å²) in [5.41, 5.74) is 9.76. The molecule has 3 aromatic rings. The van der Waals surface area contributed by atoms with Gasteiger partial charge in [0.2, 0.25) is 5.91 Å². The summed E-state index contributed by atoms with van der Waals surface area (Å²) in [5.74, 6) is 0.963. The van der Waals surface area contributed by atoms with Crippen LogP contribution in [0.1, 0.15) is 19.8 Å². The first-order valence-corrected chi connectivity index (χ1v) is 11.8. The number of hydrogen-bond donors (Lipinski definition) is 3. The number of nitrogens with zero attached hydrogens (tertiary/aromatic N) is 3. The number of hydrogen-bond acceptors (Lipinski definition) is 6. The number of aromatic amines is 1. The van der Waals surface area contributed by atoms with Crippen LogP contribution in [0.4, 0.5) is 11.4 Å². The highest BCUT2D eigenvalue weighted by atomic mass is 79.9. The summed E-state index contributed by atoms with van der Waals surface area (Å²) in [4.78, 5) is 26.8. The zero-order chi connectivity index (χ0) is 23.7. The number of halogens is 1. The fraction of sp³-hybridized carbons (Fsp3) is 0.375. The molecule has 174 valence electrons. The van der Waals surface area contributed by atoms with E-state index in [2.05, 4.69) is 50.3 Å². The van der Waals surface area contributed by atoms with Crippen LogP contribution in [0.15, 0.2) is 41.0 Å². The Labute approximate surface area is 201 Å². The number of carbonyl (C=O) groups is 1. The second-order valence-electron chi connectivity index (χ2n) is 8.46. The molecule has 1 aliphatic carbocycles. The number of anilines is 2. The molecule has 2 heterocycles. The molecule has 0 radical (unpaired) electrons. The largest absolute Gasteiger partial charge is 0.496 e. The third-order valence-electron chi connectivity index (χ3n) is 6.25. The number of aromatic nitrogens is 3. The summed E-state index contributed by atoms with van der Waals surface area (Å²) in [6.45, 7) is 2.11. The second-order valence-corrected chi connectivity index (χ2v) is 9.31. The maximum atomic E-state index is 12.2. The van der Waals surface area contributed by atoms with Crippen LogP contribution in [0.2, 0.25) is 0 Å². The molecule has 0 bridgehead atoms. The SMILES string of the molecule is CCC1C=CCC(C(N)=O)C1Nc1c(Br)cnc2nc(-c3ccc(N(C)C)cc3OC)[nH]c12. The molecule has 2 aromatic heterocycles. The molecule has 9 heteroatoms. The minimum atomic E-state index is -0.298. The van der Waals surface area contributed by atoms with Crippen LogP contribution in [0.3, 0.4) is 0 Å². The van der Waals surface area contributed by atoms with Gasteiger partial charge >= 0.3 is 0 Å². The van der Waals surface area contributed by atoms with Crippen molar-refractivity contribution < 1.29 is 9.53 Å². The van der Waals surface area contributed by atoms with Crippen LogP contribution in [0, 0.1) is 11.8 Å². The van der Waals surface area contributed by atoms with Gasteiger partial charge in [0, 0.05) is 38.1 Å². The summed E-state index contributed by atoms with van der Waals surface area (Å²) in [7, 11) is 5.62. The number of allylic oxidation sites excluding steroid dienone is 1. The number of methoxy groups -OCH3 is 1. The predicted molar refractivity (Wildman–Crippen MR) is 136 cm³/mol. The van der Waals surface area contributed by atoms with Crippen LogP contribution < -0.4 is 20.7 Å². The van der Waals surface area contributed by atoms with Crippen molar-refractivity contribution in [3.63, 3.8) is 0 Å². The van der Waals surface area contributed by atoms with Gasteiger partial charge in [-0.1, -0.05) is 19.1 Å². The Hall–Kier alpha value is -3.07. The molecule has 4 N–H and O–H groups in total. The van der Waals surface area contributed by atoms with Crippen LogP contribution in [0.25, 0.3) is 22.6 Å². The lowest BCUT2D eigenvalue weighted by Crippen LogP contribution is -2.44. The number of H-pyrrole nitrogens is 1. The maximum absolute atomic E-state index is 12.2. The van der Waals surface area contributed by atoms with Gasteiger partial charge in [-0.05, 0) is 46.8 Å². The Bertz CT molecular complexity index is 1210. The van der Waals surface area contributed by atoms with E-state index >= 15 is 0 Å². The fourth-order valence-corrected chi connectivity index (χ4v) is 4.79. The van der Waals surface area contributed by atoms with Gasteiger partial charge in [0.15, 0.2) is 5.65 Å². The Kier molecular flexibility index (Phi) is 6.60. The molecule has 3 unspecified atom stereocenters. The Morgan fingerprint density at radius 1 is 1.39 bits per heavy atom. The zero-order valence-corrected chi connectivity index (χ0v) is 20.8. The van der Waals surface area contributed by atoms with Gasteiger partial charge in [0.1, 0.15) is 17.1 Å². The normalized spacial score (nSPS) is 20.1. The monoisotopic (exact) mass is 512 g/mol. The number of pyridine rings is 1. The standard InChI is InChI=1S/C24H29BrN6O2/c1-5-13-7-6-8-16(22(26)32)19(13)28-20-17(25)12-27-24-21(20)29-23(30-24)15-10-9-14(31(2)3)11-18(15)33-4/h6-7,9-13,16,19H,5,8H2,1-4H3,(H2,26,32)(H2,27,28,29,30). The first kappa shape index (κ1) is 23.1. The molecular formula is C24H29BrN6O2. The van der Waals surface area contributed by atoms with Gasteiger partial charge in [-0.3, -0.25) is 4.79 Å². The number of benzene rings is 1. The number of amides is 1. The van der Waals surface area contributed by atoms with Crippen LogP contribution in [0.5, 0.6) is 5.75 Å². The number of rotatable bonds is 7. The minimum absolute atomic E-state index is 0.125. The molecule has 0 fully saturated rings. The number of carbonyl (C=O) groups excluding carboxylic acids is 1.